The molecule has 0 bridgehead atoms. The van der Waals surface area contributed by atoms with Gasteiger partial charge in [-0.3, -0.25) is 4.79 Å². The van der Waals surface area contributed by atoms with Gasteiger partial charge in [0.1, 0.15) is 12.1 Å². The highest BCUT2D eigenvalue weighted by atomic mass is 16.5. The van der Waals surface area contributed by atoms with Crippen LogP contribution in [0.5, 0.6) is 0 Å². The maximum Gasteiger partial charge on any atom is 0.323 e. The minimum Gasteiger partial charge on any atom is -0.461 e. The number of nitrogens with two attached hydrogens (primary N) is 1. The molecule has 4 atom stereocenters. The summed E-state index contributed by atoms with van der Waals surface area (Å²) in [6.45, 7) is 4.27. The van der Waals surface area contributed by atoms with E-state index in [0.717, 1.165) is 32.1 Å². The Kier molecular flexibility index (Phi) is 7.10. The molecule has 0 aromatic heterocycles. The van der Waals surface area contributed by atoms with Gasteiger partial charge in [-0.25, -0.2) is 0 Å². The second kappa shape index (κ2) is 9.07. The van der Waals surface area contributed by atoms with Crippen LogP contribution < -0.4 is 5.73 Å². The molecule has 1 saturated heterocycles. The van der Waals surface area contributed by atoms with Gasteiger partial charge in [0, 0.05) is 0 Å². The molecular formula is C20H31NO2. The van der Waals surface area contributed by atoms with Gasteiger partial charge in [0.05, 0.1) is 0 Å². The van der Waals surface area contributed by atoms with Crippen LogP contribution in [-0.4, -0.2) is 18.1 Å². The highest BCUT2D eigenvalue weighted by Crippen LogP contribution is 2.33. The highest BCUT2D eigenvalue weighted by Gasteiger charge is 2.32. The second-order valence-electron chi connectivity index (χ2n) is 6.94. The molecule has 2 rings (SSSR count). The number of ether oxygens (including phenoxy) is 1. The minimum atomic E-state index is -0.459. The van der Waals surface area contributed by atoms with Crippen molar-refractivity contribution in [2.45, 2.75) is 70.9 Å². The number of rotatable bonds is 5. The predicted octanol–water partition coefficient (Wildman–Crippen LogP) is 4.09. The number of cyclic esters (lactones) is 1. The molecule has 1 fully saturated rings. The summed E-state index contributed by atoms with van der Waals surface area (Å²) in [6.07, 6.45) is 7.35. The highest BCUT2D eigenvalue weighted by molar-refractivity contribution is 5.75. The first-order valence-electron chi connectivity index (χ1n) is 9.11. The number of hydrogen-bond acceptors (Lipinski definition) is 3. The molecule has 0 amide bonds. The fourth-order valence-electron chi connectivity index (χ4n) is 3.75. The molecule has 1 aromatic carbocycles. The van der Waals surface area contributed by atoms with Gasteiger partial charge < -0.3 is 10.5 Å². The second-order valence-corrected chi connectivity index (χ2v) is 6.94. The van der Waals surface area contributed by atoms with Gasteiger partial charge in [-0.1, -0.05) is 56.5 Å². The molecular weight excluding hydrogens is 286 g/mol. The van der Waals surface area contributed by atoms with Crippen molar-refractivity contribution < 1.29 is 9.53 Å². The zero-order chi connectivity index (χ0) is 16.7. The number of hydrogen-bond donors (Lipinski definition) is 1. The van der Waals surface area contributed by atoms with Crippen LogP contribution in [0.2, 0.25) is 0 Å². The zero-order valence-electron chi connectivity index (χ0n) is 14.5. The van der Waals surface area contributed by atoms with E-state index in [4.69, 9.17) is 10.5 Å². The summed E-state index contributed by atoms with van der Waals surface area (Å²) >= 11 is 0. The third kappa shape index (κ3) is 5.35. The van der Waals surface area contributed by atoms with E-state index in [1.807, 2.05) is 6.92 Å². The van der Waals surface area contributed by atoms with E-state index in [9.17, 15) is 4.79 Å². The van der Waals surface area contributed by atoms with Gasteiger partial charge in [0.2, 0.25) is 0 Å². The first-order chi connectivity index (χ1) is 11.1. The summed E-state index contributed by atoms with van der Waals surface area (Å²) < 4.78 is 5.70. The van der Waals surface area contributed by atoms with Crippen LogP contribution in [0.1, 0.15) is 57.9 Å². The summed E-state index contributed by atoms with van der Waals surface area (Å²) in [5.74, 6) is 0.751. The molecule has 2 N–H and O–H groups in total. The van der Waals surface area contributed by atoms with Crippen LogP contribution >= 0.6 is 0 Å². The molecule has 1 heterocycles. The lowest BCUT2D eigenvalue weighted by molar-refractivity contribution is -0.153. The summed E-state index contributed by atoms with van der Waals surface area (Å²) in [7, 11) is 0. The SMILES string of the molecule is CCCCC1C(Cc2ccccc2)CCCC(N)C(=O)OC1C. The topological polar surface area (TPSA) is 52.3 Å². The summed E-state index contributed by atoms with van der Waals surface area (Å²) in [4.78, 5) is 12.1. The number of carbonyl (C=O) groups excluding carboxylic acids is 1. The molecule has 4 unspecified atom stereocenters. The van der Waals surface area contributed by atoms with E-state index in [2.05, 4.69) is 37.3 Å². The molecule has 1 aromatic rings. The Bertz CT molecular complexity index is 474. The van der Waals surface area contributed by atoms with Crippen LogP contribution in [0.15, 0.2) is 30.3 Å². The Morgan fingerprint density at radius 2 is 1.96 bits per heavy atom. The van der Waals surface area contributed by atoms with Gasteiger partial charge >= 0.3 is 5.97 Å². The van der Waals surface area contributed by atoms with Gasteiger partial charge in [0.25, 0.3) is 0 Å². The first kappa shape index (κ1) is 18.0. The van der Waals surface area contributed by atoms with Gasteiger partial charge in [-0.05, 0) is 50.0 Å². The average Bonchev–Trinajstić information content (AvgIpc) is 2.59. The van der Waals surface area contributed by atoms with Crippen LogP contribution in [0.4, 0.5) is 0 Å². The van der Waals surface area contributed by atoms with Gasteiger partial charge in [0.15, 0.2) is 0 Å². The lowest BCUT2D eigenvalue weighted by atomic mass is 9.78. The third-order valence-corrected chi connectivity index (χ3v) is 5.14. The fraction of sp³-hybridized carbons (Fsp3) is 0.650. The minimum absolute atomic E-state index is 0.0492. The van der Waals surface area contributed by atoms with Crippen molar-refractivity contribution in [2.75, 3.05) is 0 Å². The number of benzene rings is 1. The summed E-state index contributed by atoms with van der Waals surface area (Å²) in [5, 5.41) is 0. The molecule has 0 aliphatic carbocycles. The van der Waals surface area contributed by atoms with Crippen molar-refractivity contribution in [1.29, 1.82) is 0 Å². The van der Waals surface area contributed by atoms with E-state index in [1.54, 1.807) is 0 Å². The van der Waals surface area contributed by atoms with E-state index in [-0.39, 0.29) is 12.1 Å². The van der Waals surface area contributed by atoms with Crippen LogP contribution in [-0.2, 0) is 16.0 Å². The van der Waals surface area contributed by atoms with E-state index >= 15 is 0 Å². The maximum absolute atomic E-state index is 12.1. The van der Waals surface area contributed by atoms with Crippen molar-refractivity contribution in [2.24, 2.45) is 17.6 Å². The largest absolute Gasteiger partial charge is 0.461 e. The number of carbonyl (C=O) groups is 1. The predicted molar refractivity (Wildman–Crippen MR) is 94.0 cm³/mol. The molecule has 1 aliphatic heterocycles. The van der Waals surface area contributed by atoms with E-state index in [0.29, 0.717) is 11.8 Å². The molecule has 3 heteroatoms. The smallest absolute Gasteiger partial charge is 0.323 e. The van der Waals surface area contributed by atoms with Gasteiger partial charge in [-0.15, -0.1) is 0 Å². The first-order valence-corrected chi connectivity index (χ1v) is 9.11. The Morgan fingerprint density at radius 1 is 1.22 bits per heavy atom. The molecule has 128 valence electrons. The third-order valence-electron chi connectivity index (χ3n) is 5.14. The molecule has 1 aliphatic rings. The number of esters is 1. The lowest BCUT2D eigenvalue weighted by Gasteiger charge is -2.31. The van der Waals surface area contributed by atoms with Crippen molar-refractivity contribution in [3.8, 4) is 0 Å². The van der Waals surface area contributed by atoms with Crippen molar-refractivity contribution in [3.63, 3.8) is 0 Å². The maximum atomic E-state index is 12.1. The zero-order valence-corrected chi connectivity index (χ0v) is 14.5. The van der Waals surface area contributed by atoms with Crippen molar-refractivity contribution in [1.82, 2.24) is 0 Å². The number of unbranched alkanes of at least 4 members (excludes halogenated alkanes) is 1. The molecule has 0 saturated carbocycles. The van der Waals surface area contributed by atoms with Crippen LogP contribution in [0.25, 0.3) is 0 Å². The van der Waals surface area contributed by atoms with Crippen LogP contribution in [0.3, 0.4) is 0 Å². The summed E-state index contributed by atoms with van der Waals surface area (Å²) in [6, 6.07) is 10.2. The monoisotopic (exact) mass is 317 g/mol. The molecule has 0 radical (unpaired) electrons. The Balaban J connectivity index is 2.16. The Morgan fingerprint density at radius 3 is 2.65 bits per heavy atom. The van der Waals surface area contributed by atoms with Crippen molar-refractivity contribution >= 4 is 5.97 Å². The fourth-order valence-corrected chi connectivity index (χ4v) is 3.75. The Labute approximate surface area is 140 Å². The normalized spacial score (nSPS) is 29.3. The summed E-state index contributed by atoms with van der Waals surface area (Å²) in [5.41, 5.74) is 7.32. The molecule has 3 nitrogen and oxygen atoms in total. The van der Waals surface area contributed by atoms with Gasteiger partial charge in [-0.2, -0.15) is 0 Å². The van der Waals surface area contributed by atoms with E-state index < -0.39 is 6.04 Å². The molecule has 23 heavy (non-hydrogen) atoms. The Hall–Kier alpha value is -1.35. The average molecular weight is 317 g/mol. The standard InChI is InChI=1S/C20H31NO2/c1-3-4-12-18-15(2)23-20(22)19(21)13-8-11-17(18)14-16-9-6-5-7-10-16/h5-7,9-10,15,17-19H,3-4,8,11-14,21H2,1-2H3. The van der Waals surface area contributed by atoms with Crippen LogP contribution in [0, 0.1) is 11.8 Å². The molecule has 0 spiro atoms. The van der Waals surface area contributed by atoms with E-state index in [1.165, 1.54) is 18.4 Å². The quantitative estimate of drug-likeness (QED) is 0.832. The van der Waals surface area contributed by atoms with Crippen molar-refractivity contribution in [3.05, 3.63) is 35.9 Å². The lowest BCUT2D eigenvalue weighted by Crippen LogP contribution is -2.36.